The molecule has 0 aliphatic carbocycles. The molecule has 1 aromatic rings. The Morgan fingerprint density at radius 2 is 1.75 bits per heavy atom. The van der Waals surface area contributed by atoms with Crippen molar-refractivity contribution in [3.8, 4) is 5.75 Å². The molecule has 0 amide bonds. The molecule has 0 spiro atoms. The molecule has 0 saturated carbocycles. The van der Waals surface area contributed by atoms with Crippen molar-refractivity contribution in [3.05, 3.63) is 22.2 Å². The lowest BCUT2D eigenvalue weighted by atomic mass is 10.3. The molecule has 0 aliphatic rings. The predicted octanol–water partition coefficient (Wildman–Crippen LogP) is 3.64. The molecule has 0 fully saturated rings. The van der Waals surface area contributed by atoms with E-state index < -0.39 is 9.05 Å². The number of benzene rings is 1. The average molecular weight is 361 g/mol. The van der Waals surface area contributed by atoms with E-state index >= 15 is 0 Å². The van der Waals surface area contributed by atoms with Crippen LogP contribution < -0.4 is 4.74 Å². The van der Waals surface area contributed by atoms with Crippen molar-refractivity contribution in [1.29, 1.82) is 0 Å². The standard InChI is InChI=1S/C12H16Cl3NO3S/c1-3-16(4-2)7-8-19-9-5-6-10(20(15,17)18)12(14)11(9)13/h5-6H,3-4,7-8H2,1-2H3. The van der Waals surface area contributed by atoms with Crippen LogP contribution in [0.4, 0.5) is 0 Å². The fraction of sp³-hybridized carbons (Fsp3) is 0.500. The van der Waals surface area contributed by atoms with Gasteiger partial charge < -0.3 is 9.64 Å². The number of halogens is 3. The Labute approximate surface area is 134 Å². The Kier molecular flexibility index (Phi) is 6.88. The van der Waals surface area contributed by atoms with Gasteiger partial charge in [-0.15, -0.1) is 0 Å². The molecule has 8 heteroatoms. The zero-order valence-electron chi connectivity index (χ0n) is 11.2. The molecule has 0 N–H and O–H groups in total. The summed E-state index contributed by atoms with van der Waals surface area (Å²) in [6.07, 6.45) is 0. The Morgan fingerprint density at radius 3 is 2.25 bits per heavy atom. The van der Waals surface area contributed by atoms with Gasteiger partial charge in [0.2, 0.25) is 0 Å². The maximum atomic E-state index is 11.3. The van der Waals surface area contributed by atoms with E-state index in [0.29, 0.717) is 12.4 Å². The first-order valence-electron chi connectivity index (χ1n) is 6.09. The van der Waals surface area contributed by atoms with Gasteiger partial charge in [0.1, 0.15) is 22.3 Å². The van der Waals surface area contributed by atoms with Gasteiger partial charge in [-0.3, -0.25) is 0 Å². The van der Waals surface area contributed by atoms with Gasteiger partial charge in [0, 0.05) is 17.2 Å². The van der Waals surface area contributed by atoms with E-state index in [-0.39, 0.29) is 14.9 Å². The smallest absolute Gasteiger partial charge is 0.262 e. The normalized spacial score (nSPS) is 11.9. The molecule has 1 aromatic carbocycles. The van der Waals surface area contributed by atoms with Crippen LogP contribution in [-0.4, -0.2) is 39.6 Å². The van der Waals surface area contributed by atoms with Crippen molar-refractivity contribution in [2.24, 2.45) is 0 Å². The minimum Gasteiger partial charge on any atom is -0.491 e. The maximum Gasteiger partial charge on any atom is 0.262 e. The average Bonchev–Trinajstić information content (AvgIpc) is 2.38. The number of likely N-dealkylation sites (N-methyl/N-ethyl adjacent to an activating group) is 1. The van der Waals surface area contributed by atoms with Crippen LogP contribution in [0.25, 0.3) is 0 Å². The van der Waals surface area contributed by atoms with Gasteiger partial charge in [0.15, 0.2) is 0 Å². The third-order valence-electron chi connectivity index (χ3n) is 2.83. The molecule has 0 aliphatic heterocycles. The van der Waals surface area contributed by atoms with Crippen molar-refractivity contribution in [2.45, 2.75) is 18.7 Å². The van der Waals surface area contributed by atoms with Crippen LogP contribution in [0.1, 0.15) is 13.8 Å². The number of nitrogens with zero attached hydrogens (tertiary/aromatic N) is 1. The summed E-state index contributed by atoms with van der Waals surface area (Å²) in [6.45, 7) is 7.16. The first-order valence-corrected chi connectivity index (χ1v) is 9.15. The van der Waals surface area contributed by atoms with Gasteiger partial charge in [-0.1, -0.05) is 37.0 Å². The van der Waals surface area contributed by atoms with Crippen LogP contribution in [0.3, 0.4) is 0 Å². The zero-order chi connectivity index (χ0) is 15.3. The van der Waals surface area contributed by atoms with E-state index in [9.17, 15) is 8.42 Å². The van der Waals surface area contributed by atoms with E-state index in [1.807, 2.05) is 0 Å². The van der Waals surface area contributed by atoms with Crippen molar-refractivity contribution in [1.82, 2.24) is 4.90 Å². The second kappa shape index (κ2) is 7.71. The summed E-state index contributed by atoms with van der Waals surface area (Å²) in [4.78, 5) is 1.97. The van der Waals surface area contributed by atoms with Crippen molar-refractivity contribution in [3.63, 3.8) is 0 Å². The second-order valence-electron chi connectivity index (χ2n) is 4.00. The Bertz CT molecular complexity index is 559. The summed E-state index contributed by atoms with van der Waals surface area (Å²) < 4.78 is 28.1. The van der Waals surface area contributed by atoms with Gasteiger partial charge in [0.05, 0.1) is 5.02 Å². The SMILES string of the molecule is CCN(CC)CCOc1ccc(S(=O)(=O)Cl)c(Cl)c1Cl. The van der Waals surface area contributed by atoms with E-state index in [2.05, 4.69) is 18.7 Å². The van der Waals surface area contributed by atoms with Crippen LogP contribution in [0, 0.1) is 0 Å². The van der Waals surface area contributed by atoms with Crippen molar-refractivity contribution in [2.75, 3.05) is 26.2 Å². The highest BCUT2D eigenvalue weighted by atomic mass is 35.7. The fourth-order valence-corrected chi connectivity index (χ4v) is 3.43. The zero-order valence-corrected chi connectivity index (χ0v) is 14.3. The van der Waals surface area contributed by atoms with Crippen LogP contribution in [0.5, 0.6) is 5.75 Å². The lowest BCUT2D eigenvalue weighted by Crippen LogP contribution is -2.27. The molecule has 20 heavy (non-hydrogen) atoms. The molecule has 4 nitrogen and oxygen atoms in total. The Balaban J connectivity index is 2.81. The highest BCUT2D eigenvalue weighted by Gasteiger charge is 2.19. The van der Waals surface area contributed by atoms with Crippen LogP contribution >= 0.6 is 33.9 Å². The summed E-state index contributed by atoms with van der Waals surface area (Å²) in [6, 6.07) is 2.73. The van der Waals surface area contributed by atoms with Crippen molar-refractivity contribution >= 4 is 42.9 Å². The van der Waals surface area contributed by atoms with Crippen LogP contribution in [0.15, 0.2) is 17.0 Å². The molecule has 0 heterocycles. The van der Waals surface area contributed by atoms with E-state index in [1.165, 1.54) is 12.1 Å². The number of rotatable bonds is 7. The third kappa shape index (κ3) is 4.67. The molecule has 0 aromatic heterocycles. The molecule has 0 atom stereocenters. The molecular formula is C12H16Cl3NO3S. The number of hydrogen-bond acceptors (Lipinski definition) is 4. The van der Waals surface area contributed by atoms with E-state index in [1.54, 1.807) is 0 Å². The summed E-state index contributed by atoms with van der Waals surface area (Å²) in [7, 11) is 1.33. The quantitative estimate of drug-likeness (QED) is 0.696. The van der Waals surface area contributed by atoms with Gasteiger partial charge in [-0.2, -0.15) is 0 Å². The molecule has 0 radical (unpaired) electrons. The maximum absolute atomic E-state index is 11.3. The third-order valence-corrected chi connectivity index (χ3v) is 5.17. The van der Waals surface area contributed by atoms with Crippen LogP contribution in [-0.2, 0) is 9.05 Å². The van der Waals surface area contributed by atoms with Gasteiger partial charge in [-0.25, -0.2) is 8.42 Å². The highest BCUT2D eigenvalue weighted by Crippen LogP contribution is 2.37. The highest BCUT2D eigenvalue weighted by molar-refractivity contribution is 8.13. The van der Waals surface area contributed by atoms with Crippen molar-refractivity contribution < 1.29 is 13.2 Å². The van der Waals surface area contributed by atoms with Gasteiger partial charge in [0.25, 0.3) is 9.05 Å². The predicted molar refractivity (Wildman–Crippen MR) is 82.8 cm³/mol. The summed E-state index contributed by atoms with van der Waals surface area (Å²) in [5.74, 6) is 0.341. The monoisotopic (exact) mass is 359 g/mol. The molecule has 0 bridgehead atoms. The molecule has 114 valence electrons. The molecule has 0 saturated heterocycles. The number of hydrogen-bond donors (Lipinski definition) is 0. The summed E-state index contributed by atoms with van der Waals surface area (Å²) >= 11 is 11.9. The molecule has 1 rings (SSSR count). The topological polar surface area (TPSA) is 46.6 Å². The number of ether oxygens (including phenoxy) is 1. The van der Waals surface area contributed by atoms with E-state index in [0.717, 1.165) is 19.6 Å². The lowest BCUT2D eigenvalue weighted by Gasteiger charge is -2.18. The second-order valence-corrected chi connectivity index (χ2v) is 7.29. The van der Waals surface area contributed by atoms with E-state index in [4.69, 9.17) is 38.6 Å². The minimum atomic E-state index is -3.92. The fourth-order valence-electron chi connectivity index (χ4n) is 1.64. The summed E-state index contributed by atoms with van der Waals surface area (Å²) in [5.41, 5.74) is 0. The summed E-state index contributed by atoms with van der Waals surface area (Å²) in [5, 5.41) is -0.0741. The largest absolute Gasteiger partial charge is 0.491 e. The Morgan fingerprint density at radius 1 is 1.15 bits per heavy atom. The van der Waals surface area contributed by atoms with Crippen LogP contribution in [0.2, 0.25) is 10.0 Å². The lowest BCUT2D eigenvalue weighted by molar-refractivity contribution is 0.223. The Hall–Kier alpha value is -0.200. The minimum absolute atomic E-state index is 0.0490. The molecular weight excluding hydrogens is 345 g/mol. The van der Waals surface area contributed by atoms with Gasteiger partial charge in [-0.05, 0) is 25.2 Å². The first-order chi connectivity index (χ1) is 9.31. The first kappa shape index (κ1) is 17.9. The van der Waals surface area contributed by atoms with Gasteiger partial charge >= 0.3 is 0 Å². The molecule has 0 unspecified atom stereocenters.